The molecule has 0 spiro atoms. The maximum atomic E-state index is 12.1. The Kier molecular flexibility index (Phi) is 9.20. The first kappa shape index (κ1) is 22.1. The maximum Gasteiger partial charge on any atom is 0.224 e. The van der Waals surface area contributed by atoms with E-state index < -0.39 is 0 Å². The van der Waals surface area contributed by atoms with Crippen molar-refractivity contribution in [3.8, 4) is 11.5 Å². The number of aliphatic imine (C=N–C) groups is 1. The van der Waals surface area contributed by atoms with Crippen molar-refractivity contribution in [2.24, 2.45) is 4.99 Å². The van der Waals surface area contributed by atoms with E-state index in [-0.39, 0.29) is 5.91 Å². The number of nitrogens with one attached hydrogen (secondary N) is 2. The molecule has 0 fully saturated rings. The van der Waals surface area contributed by atoms with Crippen molar-refractivity contribution in [2.75, 3.05) is 45.9 Å². The largest absolute Gasteiger partial charge is 0.486 e. The normalized spacial score (nSPS) is 13.2. The van der Waals surface area contributed by atoms with Gasteiger partial charge in [-0.1, -0.05) is 11.6 Å². The smallest absolute Gasteiger partial charge is 0.224 e. The number of carbonyl (C=O) groups is 1. The molecule has 2 N–H and O–H groups in total. The third kappa shape index (κ3) is 6.48. The first-order chi connectivity index (χ1) is 13.6. The Morgan fingerprint density at radius 1 is 1.18 bits per heavy atom. The van der Waals surface area contributed by atoms with E-state index in [4.69, 9.17) is 21.1 Å². The fourth-order valence-corrected chi connectivity index (χ4v) is 3.26. The molecule has 1 heterocycles. The molecule has 1 aliphatic heterocycles. The summed E-state index contributed by atoms with van der Waals surface area (Å²) in [5.41, 5.74) is 1.06. The van der Waals surface area contributed by atoms with E-state index in [1.54, 1.807) is 0 Å². The summed E-state index contributed by atoms with van der Waals surface area (Å²) < 4.78 is 11.2. The summed E-state index contributed by atoms with van der Waals surface area (Å²) >= 11 is 6.29. The topological polar surface area (TPSA) is 75.2 Å². The van der Waals surface area contributed by atoms with E-state index in [2.05, 4.69) is 15.6 Å². The van der Waals surface area contributed by atoms with E-state index in [1.165, 1.54) is 0 Å². The zero-order valence-electron chi connectivity index (χ0n) is 17.0. The predicted octanol–water partition coefficient (Wildman–Crippen LogP) is 2.47. The summed E-state index contributed by atoms with van der Waals surface area (Å²) in [5.74, 6) is 2.16. The molecule has 1 aromatic carbocycles. The minimum absolute atomic E-state index is 0.135. The number of fused-ring (bicyclic) bond motifs is 1. The van der Waals surface area contributed by atoms with Gasteiger partial charge in [-0.2, -0.15) is 0 Å². The zero-order valence-corrected chi connectivity index (χ0v) is 17.8. The Bertz CT molecular complexity index is 678. The summed E-state index contributed by atoms with van der Waals surface area (Å²) in [6, 6.07) is 3.87. The average Bonchev–Trinajstić information content (AvgIpc) is 2.69. The van der Waals surface area contributed by atoms with Crippen molar-refractivity contribution in [3.05, 3.63) is 22.7 Å². The molecular formula is C20H31ClN4O3. The van der Waals surface area contributed by atoms with Crippen LogP contribution in [0, 0.1) is 0 Å². The number of hydrogen-bond acceptors (Lipinski definition) is 4. The second-order valence-electron chi connectivity index (χ2n) is 6.36. The standard InChI is InChI=1S/C20H31ClN4O3/c1-4-22-20(24-10-8-18(26)25(5-2)6-3)23-9-7-15-13-16(21)19-17(14-15)27-11-12-28-19/h13-14H,4-12H2,1-3H3,(H2,22,23,24). The number of nitrogens with zero attached hydrogens (tertiary/aromatic N) is 2. The van der Waals surface area contributed by atoms with E-state index >= 15 is 0 Å². The zero-order chi connectivity index (χ0) is 20.4. The van der Waals surface area contributed by atoms with Crippen LogP contribution in [-0.4, -0.2) is 62.7 Å². The molecule has 8 heteroatoms. The van der Waals surface area contributed by atoms with Crippen LogP contribution in [0.15, 0.2) is 17.1 Å². The third-order valence-electron chi connectivity index (χ3n) is 4.42. The van der Waals surface area contributed by atoms with Crippen LogP contribution in [0.2, 0.25) is 5.02 Å². The summed E-state index contributed by atoms with van der Waals surface area (Å²) in [5, 5.41) is 7.07. The van der Waals surface area contributed by atoms with Gasteiger partial charge in [-0.05, 0) is 44.9 Å². The van der Waals surface area contributed by atoms with Gasteiger partial charge in [0, 0.05) is 32.6 Å². The van der Waals surface area contributed by atoms with Crippen LogP contribution in [0.5, 0.6) is 11.5 Å². The minimum Gasteiger partial charge on any atom is -0.486 e. The number of carbonyl (C=O) groups excluding carboxylic acids is 1. The number of halogens is 1. The number of rotatable bonds is 9. The van der Waals surface area contributed by atoms with Crippen LogP contribution >= 0.6 is 11.6 Å². The van der Waals surface area contributed by atoms with Crippen LogP contribution in [0.4, 0.5) is 0 Å². The van der Waals surface area contributed by atoms with Gasteiger partial charge in [0.2, 0.25) is 5.91 Å². The Balaban J connectivity index is 1.86. The molecule has 0 bridgehead atoms. The highest BCUT2D eigenvalue weighted by Gasteiger charge is 2.16. The lowest BCUT2D eigenvalue weighted by Crippen LogP contribution is -2.38. The molecule has 156 valence electrons. The molecule has 0 radical (unpaired) electrons. The first-order valence-electron chi connectivity index (χ1n) is 9.96. The van der Waals surface area contributed by atoms with E-state index in [0.29, 0.717) is 55.2 Å². The van der Waals surface area contributed by atoms with Crippen LogP contribution < -0.4 is 20.1 Å². The Morgan fingerprint density at radius 3 is 2.64 bits per heavy atom. The lowest BCUT2D eigenvalue weighted by molar-refractivity contribution is -0.130. The average molecular weight is 411 g/mol. The molecular weight excluding hydrogens is 380 g/mol. The van der Waals surface area contributed by atoms with E-state index in [1.807, 2.05) is 37.8 Å². The number of guanidine groups is 1. The highest BCUT2D eigenvalue weighted by Crippen LogP contribution is 2.38. The predicted molar refractivity (Wildman–Crippen MR) is 113 cm³/mol. The second-order valence-corrected chi connectivity index (χ2v) is 6.76. The molecule has 7 nitrogen and oxygen atoms in total. The van der Waals surface area contributed by atoms with Gasteiger partial charge in [0.15, 0.2) is 17.5 Å². The van der Waals surface area contributed by atoms with Crippen LogP contribution in [0.25, 0.3) is 0 Å². The van der Waals surface area contributed by atoms with Crippen molar-refractivity contribution in [1.29, 1.82) is 0 Å². The molecule has 0 aromatic heterocycles. The van der Waals surface area contributed by atoms with Crippen molar-refractivity contribution < 1.29 is 14.3 Å². The minimum atomic E-state index is 0.135. The highest BCUT2D eigenvalue weighted by atomic mass is 35.5. The van der Waals surface area contributed by atoms with E-state index in [0.717, 1.165) is 31.6 Å². The van der Waals surface area contributed by atoms with Gasteiger partial charge in [-0.15, -0.1) is 0 Å². The van der Waals surface area contributed by atoms with Crippen molar-refractivity contribution in [3.63, 3.8) is 0 Å². The Labute approximate surface area is 172 Å². The molecule has 0 saturated carbocycles. The van der Waals surface area contributed by atoms with Crippen LogP contribution in [-0.2, 0) is 11.2 Å². The summed E-state index contributed by atoms with van der Waals surface area (Å²) in [6.45, 7) is 10.4. The van der Waals surface area contributed by atoms with Gasteiger partial charge in [-0.25, -0.2) is 0 Å². The molecule has 0 unspecified atom stereocenters. The summed E-state index contributed by atoms with van der Waals surface area (Å²) in [7, 11) is 0. The second kappa shape index (κ2) is 11.6. The van der Waals surface area contributed by atoms with Gasteiger partial charge in [0.1, 0.15) is 13.2 Å². The van der Waals surface area contributed by atoms with Crippen molar-refractivity contribution >= 4 is 23.5 Å². The molecule has 0 atom stereocenters. The maximum absolute atomic E-state index is 12.1. The van der Waals surface area contributed by atoms with Gasteiger partial charge in [0.25, 0.3) is 0 Å². The van der Waals surface area contributed by atoms with Gasteiger partial charge >= 0.3 is 0 Å². The monoisotopic (exact) mass is 410 g/mol. The number of amides is 1. The quantitative estimate of drug-likeness (QED) is 0.483. The fraction of sp³-hybridized carbons (Fsp3) is 0.600. The van der Waals surface area contributed by atoms with Crippen molar-refractivity contribution in [1.82, 2.24) is 15.5 Å². The highest BCUT2D eigenvalue weighted by molar-refractivity contribution is 6.32. The van der Waals surface area contributed by atoms with Gasteiger partial charge in [0.05, 0.1) is 11.6 Å². The van der Waals surface area contributed by atoms with Crippen LogP contribution in [0.1, 0.15) is 32.8 Å². The molecule has 1 aromatic rings. The third-order valence-corrected chi connectivity index (χ3v) is 4.70. The summed E-state index contributed by atoms with van der Waals surface area (Å²) in [4.78, 5) is 18.4. The van der Waals surface area contributed by atoms with E-state index in [9.17, 15) is 4.79 Å². The molecule has 1 aliphatic rings. The van der Waals surface area contributed by atoms with Gasteiger partial charge in [-0.3, -0.25) is 9.79 Å². The lowest BCUT2D eigenvalue weighted by Gasteiger charge is -2.20. The molecule has 1 amide bonds. The molecule has 28 heavy (non-hydrogen) atoms. The van der Waals surface area contributed by atoms with Gasteiger partial charge < -0.3 is 25.0 Å². The molecule has 0 aliphatic carbocycles. The first-order valence-corrected chi connectivity index (χ1v) is 10.3. The molecule has 2 rings (SSSR count). The van der Waals surface area contributed by atoms with Crippen LogP contribution in [0.3, 0.4) is 0 Å². The Morgan fingerprint density at radius 2 is 1.93 bits per heavy atom. The van der Waals surface area contributed by atoms with Crippen molar-refractivity contribution in [2.45, 2.75) is 33.6 Å². The summed E-state index contributed by atoms with van der Waals surface area (Å²) in [6.07, 6.45) is 1.18. The SMILES string of the molecule is CCNC(=NCCC(=O)N(CC)CC)NCCc1cc(Cl)c2c(c1)OCCO2. The number of hydrogen-bond donors (Lipinski definition) is 2. The lowest BCUT2D eigenvalue weighted by atomic mass is 10.1. The fourth-order valence-electron chi connectivity index (χ4n) is 2.97. The number of benzene rings is 1. The molecule has 0 saturated heterocycles. The Hall–Kier alpha value is -2.15. The number of ether oxygens (including phenoxy) is 2.